The van der Waals surface area contributed by atoms with Crippen LogP contribution in [0.2, 0.25) is 0 Å². The molecule has 594 valence electrons. The number of anilines is 4. The summed E-state index contributed by atoms with van der Waals surface area (Å²) in [6, 6.07) is 88.2. The fourth-order valence-electron chi connectivity index (χ4n) is 20.0. The smallest absolute Gasteiger partial charge is 0.0726 e. The molecule has 114 heavy (non-hydrogen) atoms. The minimum Gasteiger partial charge on any atom is -0.398 e. The van der Waals surface area contributed by atoms with Crippen LogP contribution in [0.4, 0.5) is 22.7 Å². The monoisotopic (exact) mass is 1810 g/mol. The molecule has 6 heteroatoms. The second-order valence-electron chi connectivity index (χ2n) is 36.6. The second-order valence-corrected chi connectivity index (χ2v) is 40.6. The molecule has 4 aliphatic carbocycles. The molecule has 0 saturated carbocycles. The molecule has 11 aromatic carbocycles. The second kappa shape index (κ2) is 35.4. The lowest BCUT2D eigenvalue weighted by molar-refractivity contribution is 0.382. The van der Waals surface area contributed by atoms with Gasteiger partial charge in [-0.15, -0.1) is 0 Å². The Morgan fingerprint density at radius 1 is 0.325 bits per heavy atom. The van der Waals surface area contributed by atoms with Crippen LogP contribution >= 0.6 is 70.4 Å². The molecule has 0 radical (unpaired) electrons. The number of benzene rings is 11. The Balaban J connectivity index is 0.000000186. The molecule has 0 aliphatic heterocycles. The van der Waals surface area contributed by atoms with E-state index in [1.54, 1.807) is 0 Å². The molecule has 4 unspecified atom stereocenters. The molecule has 0 saturated heterocycles. The van der Waals surface area contributed by atoms with Crippen LogP contribution in [0.3, 0.4) is 0 Å². The molecular formula is C108H124Br3IN2. The van der Waals surface area contributed by atoms with Crippen molar-refractivity contribution < 1.29 is 0 Å². The van der Waals surface area contributed by atoms with Gasteiger partial charge in [-0.3, -0.25) is 0 Å². The summed E-state index contributed by atoms with van der Waals surface area (Å²) in [7, 11) is 0. The number of nitrogen functional groups attached to an aromatic ring is 1. The maximum absolute atomic E-state index is 6.88. The molecule has 0 amide bonds. The van der Waals surface area contributed by atoms with Crippen molar-refractivity contribution in [1.82, 2.24) is 0 Å². The van der Waals surface area contributed by atoms with Crippen molar-refractivity contribution in [3.05, 3.63) is 314 Å². The molecule has 4 atom stereocenters. The van der Waals surface area contributed by atoms with E-state index in [4.69, 9.17) is 5.73 Å². The number of nitrogens with zero attached hydrogens (tertiary/aromatic N) is 1. The number of nitrogens with two attached hydrogens (primary N) is 1. The average molecular weight is 1820 g/mol. The van der Waals surface area contributed by atoms with Crippen LogP contribution in [0.1, 0.15) is 280 Å². The van der Waals surface area contributed by atoms with Gasteiger partial charge in [-0.1, -0.05) is 374 Å². The van der Waals surface area contributed by atoms with E-state index in [0.717, 1.165) is 68.0 Å². The van der Waals surface area contributed by atoms with Gasteiger partial charge in [0.2, 0.25) is 0 Å². The number of rotatable bonds is 27. The molecular weight excluding hydrogens is 1690 g/mol. The van der Waals surface area contributed by atoms with Crippen LogP contribution in [0.5, 0.6) is 0 Å². The molecule has 4 aliphatic rings. The van der Waals surface area contributed by atoms with E-state index < -0.39 is 5.41 Å². The summed E-state index contributed by atoms with van der Waals surface area (Å²) in [5.74, 6) is 2.91. The maximum atomic E-state index is 6.88. The van der Waals surface area contributed by atoms with E-state index >= 15 is 0 Å². The third-order valence-electron chi connectivity index (χ3n) is 27.5. The van der Waals surface area contributed by atoms with Gasteiger partial charge >= 0.3 is 0 Å². The van der Waals surface area contributed by atoms with Crippen LogP contribution in [0.15, 0.2) is 244 Å². The van der Waals surface area contributed by atoms with Crippen molar-refractivity contribution in [2.24, 2.45) is 23.7 Å². The van der Waals surface area contributed by atoms with Crippen LogP contribution < -0.4 is 10.6 Å². The van der Waals surface area contributed by atoms with Gasteiger partial charge in [-0.05, 0) is 286 Å². The van der Waals surface area contributed by atoms with Crippen LogP contribution in [0, 0.1) is 27.2 Å². The Kier molecular flexibility index (Phi) is 26.4. The van der Waals surface area contributed by atoms with Crippen LogP contribution in [-0.4, -0.2) is 0 Å². The molecule has 0 fully saturated rings. The number of halogens is 4. The van der Waals surface area contributed by atoms with Crippen molar-refractivity contribution in [2.75, 3.05) is 10.6 Å². The molecule has 0 bridgehead atoms. The lowest BCUT2D eigenvalue weighted by Crippen LogP contribution is -2.28. The summed E-state index contributed by atoms with van der Waals surface area (Å²) >= 11 is 13.3. The fourth-order valence-corrected chi connectivity index (χ4v) is 22.1. The molecule has 2 spiro atoms. The molecule has 0 heterocycles. The summed E-state index contributed by atoms with van der Waals surface area (Å²) in [6.45, 7) is 38.4. The summed E-state index contributed by atoms with van der Waals surface area (Å²) < 4.78 is 4.52. The number of hydrogen-bond donors (Lipinski definition) is 1. The van der Waals surface area contributed by atoms with Gasteiger partial charge in [-0.25, -0.2) is 0 Å². The summed E-state index contributed by atoms with van der Waals surface area (Å²) in [6.07, 6.45) is 19.5. The van der Waals surface area contributed by atoms with Gasteiger partial charge in [0.1, 0.15) is 0 Å². The van der Waals surface area contributed by atoms with Crippen molar-refractivity contribution in [1.29, 1.82) is 0 Å². The van der Waals surface area contributed by atoms with E-state index in [2.05, 4.69) is 404 Å². The normalized spacial score (nSPS) is 17.2. The van der Waals surface area contributed by atoms with E-state index in [-0.39, 0.29) is 27.1 Å². The van der Waals surface area contributed by atoms with Gasteiger partial charge in [0.25, 0.3) is 0 Å². The molecule has 15 rings (SSSR count). The summed E-state index contributed by atoms with van der Waals surface area (Å²) in [5.41, 5.74) is 38.6. The van der Waals surface area contributed by atoms with Crippen molar-refractivity contribution >= 4 is 93.1 Å². The highest BCUT2D eigenvalue weighted by Crippen LogP contribution is 2.68. The van der Waals surface area contributed by atoms with E-state index in [1.807, 2.05) is 12.1 Å². The zero-order chi connectivity index (χ0) is 81.2. The minimum absolute atomic E-state index is 0.0865. The standard InChI is InChI=1S/C57H63Br2N.C45H57N.C6H4BrI/c1-9-55(7,32-16-18-38(3)4)40-28-30-46-47-31-29-41(56(8,10-2)33-17-19-39(5)6)35-52(47)57(51(46)34-40)49-25-12-11-24-48(49)54-50(57)26-15-27-53(54)60(44-22-13-20-42(58)36-44)45-23-14-21-43(59)37-45;1-9-43(7,26-14-16-30(3)4)32-22-24-34-35-25-23-33(44(8,10-2)27-15-17-31(5)6)29-40(35)45(39(34)28-32)37-19-12-11-18-36(37)42-38(45)20-13-21-41(42)46;7-5-2-1-3-6(8)4-5/h11-15,20-31,34-39H,9-10,16-19,32-33H2,1-8H3;11-13,18-25,28-31H,9-10,14-17,26-27,46H2,1-8H3;1-4H. The predicted molar refractivity (Wildman–Crippen MR) is 512 cm³/mol. The van der Waals surface area contributed by atoms with Crippen molar-refractivity contribution in [3.63, 3.8) is 0 Å². The van der Waals surface area contributed by atoms with E-state index in [1.165, 1.54) is 198 Å². The van der Waals surface area contributed by atoms with Crippen LogP contribution in [0.25, 0.3) is 44.5 Å². The minimum atomic E-state index is -0.474. The summed E-state index contributed by atoms with van der Waals surface area (Å²) in [5, 5.41) is 0. The molecule has 2 nitrogen and oxygen atoms in total. The summed E-state index contributed by atoms with van der Waals surface area (Å²) in [4.78, 5) is 2.46. The molecule has 11 aromatic rings. The SMILES string of the molecule is Brc1cccc(I)c1.CCC(C)(CCCC(C)C)c1ccc2c(c1)C1(c3cc(C(C)(CC)CCCC(C)C)ccc3-2)c2ccccc2-c2c(N(c3cccc(Br)c3)c3cccc(Br)c3)cccc21.CCC(C)(CCCC(C)C)c1ccc2c(c1)C1(c3cc(C(C)(CC)CCCC(C)C)ccc3-2)c2ccccc2-c2c(N)cccc21. The van der Waals surface area contributed by atoms with Gasteiger partial charge in [-0.2, -0.15) is 0 Å². The quantitative estimate of drug-likeness (QED) is 0.0411. The number of fused-ring (bicyclic) bond motifs is 20. The van der Waals surface area contributed by atoms with Crippen LogP contribution in [-0.2, 0) is 32.5 Å². The average Bonchev–Trinajstić information content (AvgIpc) is 1.51. The number of hydrogen-bond acceptors (Lipinski definition) is 2. The Hall–Kier alpha value is -6.81. The first-order chi connectivity index (χ1) is 54.6. The highest BCUT2D eigenvalue weighted by molar-refractivity contribution is 14.1. The lowest BCUT2D eigenvalue weighted by Gasteiger charge is -2.35. The predicted octanol–water partition coefficient (Wildman–Crippen LogP) is 33.7. The van der Waals surface area contributed by atoms with Gasteiger partial charge in [0.05, 0.1) is 16.5 Å². The first-order valence-electron chi connectivity index (χ1n) is 43.2. The topological polar surface area (TPSA) is 29.3 Å². The highest BCUT2D eigenvalue weighted by atomic mass is 127. The zero-order valence-corrected chi connectivity index (χ0v) is 78.0. The lowest BCUT2D eigenvalue weighted by atomic mass is 9.67. The van der Waals surface area contributed by atoms with E-state index in [9.17, 15) is 0 Å². The third kappa shape index (κ3) is 16.2. The Bertz CT molecular complexity index is 5030. The van der Waals surface area contributed by atoms with Gasteiger partial charge in [0, 0.05) is 45.2 Å². The Morgan fingerprint density at radius 3 is 0.956 bits per heavy atom. The van der Waals surface area contributed by atoms with Crippen molar-refractivity contribution in [2.45, 2.75) is 246 Å². The molecule has 2 N–H and O–H groups in total. The Labute approximate surface area is 725 Å². The van der Waals surface area contributed by atoms with Crippen molar-refractivity contribution in [3.8, 4) is 44.5 Å². The molecule has 0 aromatic heterocycles. The zero-order valence-electron chi connectivity index (χ0n) is 71.1. The largest absolute Gasteiger partial charge is 0.398 e. The third-order valence-corrected chi connectivity index (χ3v) is 29.7. The van der Waals surface area contributed by atoms with E-state index in [0.29, 0.717) is 11.8 Å². The fraction of sp³-hybridized carbons (Fsp3) is 0.389. The first kappa shape index (κ1) is 85.1. The maximum Gasteiger partial charge on any atom is 0.0726 e. The first-order valence-corrected chi connectivity index (χ1v) is 46.6. The van der Waals surface area contributed by atoms with Gasteiger partial charge in [0.15, 0.2) is 0 Å². The Morgan fingerprint density at radius 2 is 0.632 bits per heavy atom. The highest BCUT2D eigenvalue weighted by Gasteiger charge is 2.55. The van der Waals surface area contributed by atoms with Gasteiger partial charge < -0.3 is 10.6 Å².